The Balaban J connectivity index is 1.66. The molecule has 3 aromatic rings. The third-order valence-electron chi connectivity index (χ3n) is 5.81. The molecular formula is C25H32N4O4. The first-order valence-electron chi connectivity index (χ1n) is 11.2. The number of ether oxygens (including phenoxy) is 2. The Hall–Kier alpha value is -3.42. The summed E-state index contributed by atoms with van der Waals surface area (Å²) >= 11 is 0. The molecule has 1 aromatic carbocycles. The molecule has 8 nitrogen and oxygen atoms in total. The molecule has 1 atom stereocenters. The van der Waals surface area contributed by atoms with E-state index in [0.29, 0.717) is 31.7 Å². The molecule has 0 saturated heterocycles. The fraction of sp³-hybridized carbons (Fsp3) is 0.440. The summed E-state index contributed by atoms with van der Waals surface area (Å²) in [5, 5.41) is 8.15. The largest absolute Gasteiger partial charge is 0.479 e. The van der Waals surface area contributed by atoms with E-state index in [0.717, 1.165) is 33.4 Å². The number of nitrogens with zero attached hydrogens (tertiary/aromatic N) is 3. The Morgan fingerprint density at radius 2 is 1.91 bits per heavy atom. The fourth-order valence-electron chi connectivity index (χ4n) is 4.07. The number of fused-ring (bicyclic) bond motifs is 1. The lowest BCUT2D eigenvalue weighted by Gasteiger charge is -2.17. The minimum atomic E-state index is -0.433. The Labute approximate surface area is 194 Å². The van der Waals surface area contributed by atoms with Crippen LogP contribution in [0.25, 0.3) is 11.0 Å². The predicted octanol–water partition coefficient (Wildman–Crippen LogP) is 3.06. The maximum atomic E-state index is 12.6. The minimum absolute atomic E-state index is 0.116. The lowest BCUT2D eigenvalue weighted by atomic mass is 9.98. The molecule has 0 saturated carbocycles. The summed E-state index contributed by atoms with van der Waals surface area (Å²) in [6.07, 6.45) is 1.34. The maximum Gasteiger partial charge on any atom is 0.311 e. The van der Waals surface area contributed by atoms with Gasteiger partial charge in [0.15, 0.2) is 5.65 Å². The number of carbonyl (C=O) groups is 2. The van der Waals surface area contributed by atoms with Gasteiger partial charge in [0.1, 0.15) is 0 Å². The van der Waals surface area contributed by atoms with Gasteiger partial charge in [0.05, 0.1) is 25.0 Å². The van der Waals surface area contributed by atoms with Crippen LogP contribution in [0.4, 0.5) is 0 Å². The van der Waals surface area contributed by atoms with Gasteiger partial charge in [-0.05, 0) is 50.3 Å². The predicted molar refractivity (Wildman–Crippen MR) is 126 cm³/mol. The Kier molecular flexibility index (Phi) is 8.03. The van der Waals surface area contributed by atoms with Crippen LogP contribution in [0, 0.1) is 19.8 Å². The first-order valence-corrected chi connectivity index (χ1v) is 11.2. The molecule has 0 radical (unpaired) electrons. The lowest BCUT2D eigenvalue weighted by Crippen LogP contribution is -2.35. The zero-order valence-corrected chi connectivity index (χ0v) is 20.0. The topological polar surface area (TPSA) is 95.3 Å². The molecule has 3 rings (SSSR count). The Morgan fingerprint density at radius 1 is 1.18 bits per heavy atom. The molecule has 0 aliphatic rings. The third-order valence-corrected chi connectivity index (χ3v) is 5.81. The van der Waals surface area contributed by atoms with Crippen molar-refractivity contribution in [3.8, 4) is 5.88 Å². The van der Waals surface area contributed by atoms with E-state index in [2.05, 4.69) is 15.4 Å². The summed E-state index contributed by atoms with van der Waals surface area (Å²) < 4.78 is 12.3. The fourth-order valence-corrected chi connectivity index (χ4v) is 4.07. The second-order valence-electron chi connectivity index (χ2n) is 8.08. The van der Waals surface area contributed by atoms with Crippen LogP contribution in [-0.4, -0.2) is 46.9 Å². The van der Waals surface area contributed by atoms with Crippen LogP contribution in [0.5, 0.6) is 5.88 Å². The van der Waals surface area contributed by atoms with E-state index >= 15 is 0 Å². The van der Waals surface area contributed by atoms with Gasteiger partial charge >= 0.3 is 5.97 Å². The van der Waals surface area contributed by atoms with Crippen molar-refractivity contribution in [2.24, 2.45) is 13.0 Å². The number of carbonyl (C=O) groups excluding carboxylic acids is 2. The van der Waals surface area contributed by atoms with Crippen molar-refractivity contribution in [3.05, 3.63) is 52.7 Å². The number of esters is 1. The summed E-state index contributed by atoms with van der Waals surface area (Å²) in [6.45, 7) is 6.27. The van der Waals surface area contributed by atoms with Crippen LogP contribution < -0.4 is 10.1 Å². The molecule has 1 N–H and O–H groups in total. The highest BCUT2D eigenvalue weighted by atomic mass is 16.5. The molecule has 0 aliphatic carbocycles. The summed E-state index contributed by atoms with van der Waals surface area (Å²) in [5.41, 5.74) is 4.68. The van der Waals surface area contributed by atoms with Gasteiger partial charge in [-0.25, -0.2) is 9.67 Å². The van der Waals surface area contributed by atoms with Crippen LogP contribution in [0.3, 0.4) is 0 Å². The molecule has 176 valence electrons. The van der Waals surface area contributed by atoms with Gasteiger partial charge < -0.3 is 14.8 Å². The monoisotopic (exact) mass is 452 g/mol. The number of aryl methyl sites for hydroxylation is 3. The second kappa shape index (κ2) is 10.9. The molecule has 8 heteroatoms. The van der Waals surface area contributed by atoms with Crippen LogP contribution in [-0.2, 0) is 34.2 Å². The van der Waals surface area contributed by atoms with Gasteiger partial charge in [-0.2, -0.15) is 0 Å². The number of benzene rings is 1. The van der Waals surface area contributed by atoms with Crippen molar-refractivity contribution in [2.75, 3.05) is 20.3 Å². The van der Waals surface area contributed by atoms with Crippen molar-refractivity contribution in [1.29, 1.82) is 0 Å². The van der Waals surface area contributed by atoms with Crippen LogP contribution in [0.2, 0.25) is 0 Å². The van der Waals surface area contributed by atoms with Crippen LogP contribution in [0.15, 0.2) is 30.3 Å². The average molecular weight is 453 g/mol. The molecular weight excluding hydrogens is 420 g/mol. The average Bonchev–Trinajstić information content (AvgIpc) is 3.12. The normalized spacial score (nSPS) is 11.9. The Bertz CT molecular complexity index is 1120. The van der Waals surface area contributed by atoms with E-state index in [1.165, 1.54) is 0 Å². The van der Waals surface area contributed by atoms with Crippen LogP contribution in [0.1, 0.15) is 35.7 Å². The third kappa shape index (κ3) is 5.69. The van der Waals surface area contributed by atoms with Gasteiger partial charge in [0.2, 0.25) is 11.8 Å². The molecule has 2 aromatic heterocycles. The number of aromatic nitrogens is 3. The maximum absolute atomic E-state index is 12.6. The van der Waals surface area contributed by atoms with Crippen molar-refractivity contribution in [3.63, 3.8) is 0 Å². The van der Waals surface area contributed by atoms with Crippen molar-refractivity contribution >= 4 is 22.9 Å². The summed E-state index contributed by atoms with van der Waals surface area (Å²) in [5.74, 6) is -0.320. The standard InChI is InChI=1S/C25H32N4O4/c1-6-33-25(31)19(14-18-10-8-7-9-11-18)15-26-21(30)13-12-20-16(2)22-23(27-17(20)3)29(4)28-24(22)32-5/h7-11,19H,6,12-15H2,1-5H3,(H,26,30). The smallest absolute Gasteiger partial charge is 0.311 e. The number of hydrogen-bond donors (Lipinski definition) is 1. The van der Waals surface area contributed by atoms with Crippen molar-refractivity contribution < 1.29 is 19.1 Å². The molecule has 0 fully saturated rings. The summed E-state index contributed by atoms with van der Waals surface area (Å²) in [4.78, 5) is 29.7. The lowest BCUT2D eigenvalue weighted by molar-refractivity contribution is -0.147. The van der Waals surface area contributed by atoms with Crippen LogP contribution >= 0.6 is 0 Å². The van der Waals surface area contributed by atoms with Crippen molar-refractivity contribution in [2.45, 2.75) is 40.0 Å². The molecule has 2 heterocycles. The molecule has 0 spiro atoms. The molecule has 1 amide bonds. The molecule has 33 heavy (non-hydrogen) atoms. The van der Waals surface area contributed by atoms with Gasteiger partial charge in [-0.3, -0.25) is 9.59 Å². The number of nitrogens with one attached hydrogen (secondary N) is 1. The summed E-state index contributed by atoms with van der Waals surface area (Å²) in [6, 6.07) is 9.73. The first kappa shape index (κ1) is 24.2. The second-order valence-corrected chi connectivity index (χ2v) is 8.08. The SMILES string of the molecule is CCOC(=O)C(CNC(=O)CCc1c(C)nc2c(c(OC)nn2C)c1C)Cc1ccccc1. The van der Waals surface area contributed by atoms with Gasteiger partial charge in [-0.15, -0.1) is 5.10 Å². The molecule has 1 unspecified atom stereocenters. The molecule has 0 aliphatic heterocycles. The van der Waals surface area contributed by atoms with Gasteiger partial charge in [-0.1, -0.05) is 30.3 Å². The number of methoxy groups -OCH3 is 1. The van der Waals surface area contributed by atoms with E-state index < -0.39 is 5.92 Å². The van der Waals surface area contributed by atoms with E-state index in [1.807, 2.05) is 51.2 Å². The van der Waals surface area contributed by atoms with E-state index in [4.69, 9.17) is 9.47 Å². The van der Waals surface area contributed by atoms with Gasteiger partial charge in [0.25, 0.3) is 0 Å². The zero-order valence-electron chi connectivity index (χ0n) is 20.0. The quantitative estimate of drug-likeness (QED) is 0.475. The highest BCUT2D eigenvalue weighted by molar-refractivity contribution is 5.86. The number of pyridine rings is 1. The molecule has 0 bridgehead atoms. The van der Waals surface area contributed by atoms with E-state index in [9.17, 15) is 9.59 Å². The highest BCUT2D eigenvalue weighted by Crippen LogP contribution is 2.30. The van der Waals surface area contributed by atoms with Crippen molar-refractivity contribution in [1.82, 2.24) is 20.1 Å². The summed E-state index contributed by atoms with van der Waals surface area (Å²) in [7, 11) is 3.42. The number of hydrogen-bond acceptors (Lipinski definition) is 6. The van der Waals surface area contributed by atoms with E-state index in [-0.39, 0.29) is 18.4 Å². The first-order chi connectivity index (χ1) is 15.8. The highest BCUT2D eigenvalue weighted by Gasteiger charge is 2.22. The number of rotatable bonds is 10. The number of amides is 1. The Morgan fingerprint density at radius 3 is 2.58 bits per heavy atom. The van der Waals surface area contributed by atoms with Gasteiger partial charge in [0, 0.05) is 25.7 Å². The minimum Gasteiger partial charge on any atom is -0.479 e. The van der Waals surface area contributed by atoms with E-state index in [1.54, 1.807) is 18.7 Å². The zero-order chi connectivity index (χ0) is 24.0.